The summed E-state index contributed by atoms with van der Waals surface area (Å²) in [4.78, 5) is 25.2. The maximum Gasteiger partial charge on any atom is 0.340 e. The molecule has 0 spiro atoms. The Morgan fingerprint density at radius 3 is 2.48 bits per heavy atom. The van der Waals surface area contributed by atoms with E-state index in [4.69, 9.17) is 4.74 Å². The number of fused-ring (bicyclic) bond motifs is 1. The Kier molecular flexibility index (Phi) is 6.43. The van der Waals surface area contributed by atoms with Gasteiger partial charge >= 0.3 is 5.97 Å². The van der Waals surface area contributed by atoms with Gasteiger partial charge in [0.1, 0.15) is 0 Å². The Bertz CT molecular complexity index is 572. The standard InChI is InChI=1S/C19H29NO3/c1-4-6-8-12-16(21)17-14-11-9-13-20(14)15(10-7-5-2)18(17)19(22)23-3/h4-13H2,1-3H3. The number of methoxy groups -OCH3 is 1. The zero-order valence-corrected chi connectivity index (χ0v) is 14.7. The van der Waals surface area contributed by atoms with Crippen LogP contribution in [-0.4, -0.2) is 23.4 Å². The minimum Gasteiger partial charge on any atom is -0.465 e. The number of ether oxygens (including phenoxy) is 1. The smallest absolute Gasteiger partial charge is 0.340 e. The van der Waals surface area contributed by atoms with Gasteiger partial charge in [0, 0.05) is 24.4 Å². The topological polar surface area (TPSA) is 48.3 Å². The van der Waals surface area contributed by atoms with Crippen LogP contribution >= 0.6 is 0 Å². The van der Waals surface area contributed by atoms with Crippen LogP contribution in [0.15, 0.2) is 0 Å². The van der Waals surface area contributed by atoms with Crippen molar-refractivity contribution in [1.29, 1.82) is 0 Å². The molecule has 0 saturated heterocycles. The maximum absolute atomic E-state index is 12.8. The molecule has 0 unspecified atom stereocenters. The summed E-state index contributed by atoms with van der Waals surface area (Å²) in [5.74, 6) is -0.232. The van der Waals surface area contributed by atoms with Crippen molar-refractivity contribution in [2.45, 2.75) is 78.2 Å². The number of carbonyl (C=O) groups excluding carboxylic acids is 2. The molecule has 23 heavy (non-hydrogen) atoms. The van der Waals surface area contributed by atoms with E-state index in [1.165, 1.54) is 7.11 Å². The third-order valence-corrected chi connectivity index (χ3v) is 4.72. The van der Waals surface area contributed by atoms with E-state index in [0.29, 0.717) is 17.5 Å². The Hall–Kier alpha value is -1.58. The molecule has 0 amide bonds. The molecule has 0 radical (unpaired) electrons. The lowest BCUT2D eigenvalue weighted by Gasteiger charge is -2.08. The fraction of sp³-hybridized carbons (Fsp3) is 0.684. The number of hydrogen-bond acceptors (Lipinski definition) is 3. The average molecular weight is 319 g/mol. The Balaban J connectivity index is 2.42. The Morgan fingerprint density at radius 1 is 1.09 bits per heavy atom. The van der Waals surface area contributed by atoms with Gasteiger partial charge in [-0.25, -0.2) is 4.79 Å². The maximum atomic E-state index is 12.8. The van der Waals surface area contributed by atoms with Crippen LogP contribution in [0.4, 0.5) is 0 Å². The lowest BCUT2D eigenvalue weighted by molar-refractivity contribution is 0.0595. The van der Waals surface area contributed by atoms with Gasteiger partial charge in [0.15, 0.2) is 5.78 Å². The van der Waals surface area contributed by atoms with E-state index in [-0.39, 0.29) is 11.8 Å². The van der Waals surface area contributed by atoms with Crippen LogP contribution < -0.4 is 0 Å². The van der Waals surface area contributed by atoms with Crippen LogP contribution in [0.25, 0.3) is 0 Å². The third-order valence-electron chi connectivity index (χ3n) is 4.72. The predicted octanol–water partition coefficient (Wildman–Crippen LogP) is 4.33. The lowest BCUT2D eigenvalue weighted by atomic mass is 9.97. The lowest BCUT2D eigenvalue weighted by Crippen LogP contribution is -2.12. The fourth-order valence-electron chi connectivity index (χ4n) is 3.54. The second-order valence-electron chi connectivity index (χ2n) is 6.37. The van der Waals surface area contributed by atoms with Gasteiger partial charge < -0.3 is 9.30 Å². The molecule has 0 aliphatic carbocycles. The van der Waals surface area contributed by atoms with Crippen molar-refractivity contribution in [2.24, 2.45) is 0 Å². The van der Waals surface area contributed by atoms with Crippen molar-refractivity contribution in [2.75, 3.05) is 7.11 Å². The van der Waals surface area contributed by atoms with E-state index in [1.807, 2.05) is 0 Å². The number of unbranched alkanes of at least 4 members (excludes halogenated alkanes) is 3. The molecule has 0 N–H and O–H groups in total. The summed E-state index contributed by atoms with van der Waals surface area (Å²) >= 11 is 0. The predicted molar refractivity (Wildman–Crippen MR) is 91.2 cm³/mol. The molecule has 1 aromatic heterocycles. The molecule has 0 atom stereocenters. The minimum atomic E-state index is -0.350. The highest BCUT2D eigenvalue weighted by Gasteiger charge is 2.32. The SMILES string of the molecule is CCCCCC(=O)c1c(C(=O)OC)c(CCCC)n2c1CCC2. The third kappa shape index (κ3) is 3.67. The van der Waals surface area contributed by atoms with Crippen LogP contribution in [0.5, 0.6) is 0 Å². The molecular formula is C19H29NO3. The van der Waals surface area contributed by atoms with Crippen LogP contribution in [0, 0.1) is 0 Å². The molecular weight excluding hydrogens is 290 g/mol. The van der Waals surface area contributed by atoms with Crippen molar-refractivity contribution >= 4 is 11.8 Å². The van der Waals surface area contributed by atoms with E-state index < -0.39 is 0 Å². The van der Waals surface area contributed by atoms with Crippen LogP contribution in [0.2, 0.25) is 0 Å². The number of nitrogens with zero attached hydrogens (tertiary/aromatic N) is 1. The van der Waals surface area contributed by atoms with Crippen LogP contribution in [0.1, 0.15) is 90.9 Å². The molecule has 0 fully saturated rings. The zero-order valence-electron chi connectivity index (χ0n) is 14.7. The van der Waals surface area contributed by atoms with Gasteiger partial charge in [0.25, 0.3) is 0 Å². The largest absolute Gasteiger partial charge is 0.465 e. The van der Waals surface area contributed by atoms with Gasteiger partial charge in [-0.1, -0.05) is 33.1 Å². The van der Waals surface area contributed by atoms with Crippen molar-refractivity contribution in [3.8, 4) is 0 Å². The number of carbonyl (C=O) groups is 2. The summed E-state index contributed by atoms with van der Waals surface area (Å²) in [7, 11) is 1.40. The molecule has 4 nitrogen and oxygen atoms in total. The molecule has 0 aromatic carbocycles. The summed E-state index contributed by atoms with van der Waals surface area (Å²) in [5, 5.41) is 0. The number of rotatable bonds is 9. The second-order valence-corrected chi connectivity index (χ2v) is 6.37. The first-order valence-electron chi connectivity index (χ1n) is 9.01. The molecule has 2 heterocycles. The zero-order chi connectivity index (χ0) is 16.8. The first kappa shape index (κ1) is 17.8. The summed E-state index contributed by atoms with van der Waals surface area (Å²) in [6, 6.07) is 0. The quantitative estimate of drug-likeness (QED) is 0.387. The summed E-state index contributed by atoms with van der Waals surface area (Å²) < 4.78 is 7.22. The first-order valence-corrected chi connectivity index (χ1v) is 9.01. The minimum absolute atomic E-state index is 0.118. The number of ketones is 1. The van der Waals surface area contributed by atoms with Gasteiger partial charge in [0.2, 0.25) is 0 Å². The van der Waals surface area contributed by atoms with Crippen LogP contribution in [-0.2, 0) is 24.1 Å². The number of aromatic nitrogens is 1. The van der Waals surface area contributed by atoms with Crippen molar-refractivity contribution in [3.63, 3.8) is 0 Å². The normalized spacial score (nSPS) is 13.2. The highest BCUT2D eigenvalue weighted by atomic mass is 16.5. The summed E-state index contributed by atoms with van der Waals surface area (Å²) in [5.41, 5.74) is 3.30. The number of esters is 1. The molecule has 2 rings (SSSR count). The van der Waals surface area contributed by atoms with Gasteiger partial charge in [-0.15, -0.1) is 0 Å². The second kappa shape index (κ2) is 8.32. The molecule has 1 aliphatic heterocycles. The van der Waals surface area contributed by atoms with Gasteiger partial charge in [-0.2, -0.15) is 0 Å². The fourth-order valence-corrected chi connectivity index (χ4v) is 3.54. The van der Waals surface area contributed by atoms with E-state index >= 15 is 0 Å². The number of hydrogen-bond donors (Lipinski definition) is 0. The van der Waals surface area contributed by atoms with Crippen molar-refractivity contribution < 1.29 is 14.3 Å². The Labute approximate surface area is 139 Å². The number of Topliss-reactive ketones (excluding diaryl/α,β-unsaturated/α-hetero) is 1. The van der Waals surface area contributed by atoms with Crippen LogP contribution in [0.3, 0.4) is 0 Å². The van der Waals surface area contributed by atoms with E-state index in [1.54, 1.807) is 0 Å². The summed E-state index contributed by atoms with van der Waals surface area (Å²) in [6.45, 7) is 5.19. The van der Waals surface area contributed by atoms with Gasteiger partial charge in [0.05, 0.1) is 18.2 Å². The van der Waals surface area contributed by atoms with E-state index in [9.17, 15) is 9.59 Å². The Morgan fingerprint density at radius 2 is 1.83 bits per heavy atom. The average Bonchev–Trinajstić information content (AvgIpc) is 3.12. The molecule has 1 aliphatic rings. The summed E-state index contributed by atoms with van der Waals surface area (Å²) in [6.07, 6.45) is 8.46. The highest BCUT2D eigenvalue weighted by molar-refractivity contribution is 6.08. The van der Waals surface area contributed by atoms with E-state index in [0.717, 1.165) is 69.3 Å². The molecule has 1 aromatic rings. The molecule has 128 valence electrons. The molecule has 4 heteroatoms. The van der Waals surface area contributed by atoms with E-state index in [2.05, 4.69) is 18.4 Å². The molecule has 0 saturated carbocycles. The van der Waals surface area contributed by atoms with Crippen molar-refractivity contribution in [3.05, 3.63) is 22.5 Å². The van der Waals surface area contributed by atoms with Gasteiger partial charge in [-0.3, -0.25) is 4.79 Å². The van der Waals surface area contributed by atoms with Crippen molar-refractivity contribution in [1.82, 2.24) is 4.57 Å². The monoisotopic (exact) mass is 319 g/mol. The van der Waals surface area contributed by atoms with Gasteiger partial charge in [-0.05, 0) is 32.1 Å². The molecule has 0 bridgehead atoms. The first-order chi connectivity index (χ1) is 11.2. The highest BCUT2D eigenvalue weighted by Crippen LogP contribution is 2.32.